The van der Waals surface area contributed by atoms with Gasteiger partial charge in [0.05, 0.1) is 5.52 Å². The van der Waals surface area contributed by atoms with Crippen LogP contribution in [0.2, 0.25) is 0 Å². The minimum absolute atomic E-state index is 0.365. The molecular weight excluding hydrogens is 280 g/mol. The fourth-order valence-corrected chi connectivity index (χ4v) is 4.81. The molecule has 1 aromatic heterocycles. The van der Waals surface area contributed by atoms with Crippen LogP contribution in [0.5, 0.6) is 0 Å². The lowest BCUT2D eigenvalue weighted by Gasteiger charge is -2.04. The highest BCUT2D eigenvalue weighted by Crippen LogP contribution is 2.67. The van der Waals surface area contributed by atoms with Crippen LogP contribution in [-0.2, 0) is 7.05 Å². The summed E-state index contributed by atoms with van der Waals surface area (Å²) in [4.78, 5) is 0. The summed E-state index contributed by atoms with van der Waals surface area (Å²) >= 11 is 0. The minimum Gasteiger partial charge on any atom is -0.347 e. The smallest absolute Gasteiger partial charge is 0.0562 e. The van der Waals surface area contributed by atoms with Crippen molar-refractivity contribution >= 4 is 21.7 Å². The third-order valence-corrected chi connectivity index (χ3v) is 6.26. The van der Waals surface area contributed by atoms with Gasteiger partial charge in [0.25, 0.3) is 0 Å². The van der Waals surface area contributed by atoms with E-state index >= 15 is 0 Å². The van der Waals surface area contributed by atoms with Gasteiger partial charge in [-0.05, 0) is 48.1 Å². The van der Waals surface area contributed by atoms with Crippen LogP contribution < -0.4 is 5.73 Å². The Morgan fingerprint density at radius 1 is 1.09 bits per heavy atom. The molecule has 2 heteroatoms. The molecule has 1 aliphatic rings. The van der Waals surface area contributed by atoms with Crippen molar-refractivity contribution in [2.75, 3.05) is 6.54 Å². The summed E-state index contributed by atoms with van der Waals surface area (Å²) in [6, 6.07) is 13.3. The first-order valence-corrected chi connectivity index (χ1v) is 8.65. The first kappa shape index (κ1) is 14.8. The predicted molar refractivity (Wildman–Crippen MR) is 98.8 cm³/mol. The number of nitrogens with two attached hydrogens (primary N) is 1. The van der Waals surface area contributed by atoms with Crippen LogP contribution in [0.25, 0.3) is 21.7 Å². The average Bonchev–Trinajstić information content (AvgIpc) is 2.96. The highest BCUT2D eigenvalue weighted by Gasteiger charge is 2.58. The highest BCUT2D eigenvalue weighted by atomic mass is 15.0. The minimum atomic E-state index is 0.365. The van der Waals surface area contributed by atoms with E-state index in [1.165, 1.54) is 27.4 Å². The van der Waals surface area contributed by atoms with Crippen LogP contribution in [-0.4, -0.2) is 11.1 Å². The second kappa shape index (κ2) is 4.85. The van der Waals surface area contributed by atoms with Gasteiger partial charge in [-0.2, -0.15) is 0 Å². The Morgan fingerprint density at radius 3 is 2.57 bits per heavy atom. The van der Waals surface area contributed by atoms with Gasteiger partial charge >= 0.3 is 0 Å². The molecule has 2 aromatic carbocycles. The molecule has 0 unspecified atom stereocenters. The normalized spacial score (nSPS) is 22.8. The van der Waals surface area contributed by atoms with Crippen molar-refractivity contribution in [3.63, 3.8) is 0 Å². The number of hydrogen-bond donors (Lipinski definition) is 1. The lowest BCUT2D eigenvalue weighted by Crippen LogP contribution is -2.02. The summed E-state index contributed by atoms with van der Waals surface area (Å²) in [7, 11) is 2.21. The van der Waals surface area contributed by atoms with Crippen LogP contribution in [0, 0.1) is 18.3 Å². The van der Waals surface area contributed by atoms with E-state index in [1.54, 1.807) is 5.56 Å². The standard InChI is InChI=1S/C21H26N2/c1-13-18(19-17(11-12-22)21(19,2)3)16-10-9-14-7-5-6-8-15(14)20(16)23(13)4/h5-10,17,19H,11-12,22H2,1-4H3/t17-,19+/m0/s1. The summed E-state index contributed by atoms with van der Waals surface area (Å²) in [6.45, 7) is 7.87. The Morgan fingerprint density at radius 2 is 1.83 bits per heavy atom. The Balaban J connectivity index is 1.99. The molecule has 120 valence electrons. The van der Waals surface area contributed by atoms with Crippen molar-refractivity contribution in [3.05, 3.63) is 47.7 Å². The number of nitrogens with zero attached hydrogens (tertiary/aromatic N) is 1. The number of fused-ring (bicyclic) bond motifs is 3. The van der Waals surface area contributed by atoms with Gasteiger partial charge in [-0.1, -0.05) is 50.2 Å². The van der Waals surface area contributed by atoms with Gasteiger partial charge in [0.15, 0.2) is 0 Å². The molecule has 2 N–H and O–H groups in total. The summed E-state index contributed by atoms with van der Waals surface area (Å²) in [5.41, 5.74) is 10.6. The van der Waals surface area contributed by atoms with Gasteiger partial charge in [0.2, 0.25) is 0 Å². The third kappa shape index (κ3) is 1.91. The van der Waals surface area contributed by atoms with Gasteiger partial charge in [-0.15, -0.1) is 0 Å². The van der Waals surface area contributed by atoms with Gasteiger partial charge in [-0.3, -0.25) is 0 Å². The lowest BCUT2D eigenvalue weighted by molar-refractivity contribution is 0.534. The van der Waals surface area contributed by atoms with E-state index in [1.807, 2.05) is 0 Å². The van der Waals surface area contributed by atoms with Crippen molar-refractivity contribution in [1.82, 2.24) is 4.57 Å². The summed E-state index contributed by atoms with van der Waals surface area (Å²) in [5.74, 6) is 1.35. The molecule has 0 amide bonds. The molecule has 0 bridgehead atoms. The summed E-state index contributed by atoms with van der Waals surface area (Å²) < 4.78 is 2.39. The molecule has 23 heavy (non-hydrogen) atoms. The predicted octanol–water partition coefficient (Wildman–Crippen LogP) is 4.73. The van der Waals surface area contributed by atoms with Crippen LogP contribution in [0.1, 0.15) is 37.4 Å². The van der Waals surface area contributed by atoms with Crippen LogP contribution in [0.4, 0.5) is 0 Å². The molecule has 0 spiro atoms. The van der Waals surface area contributed by atoms with Gasteiger partial charge in [0.1, 0.15) is 0 Å². The van der Waals surface area contributed by atoms with E-state index in [9.17, 15) is 0 Å². The van der Waals surface area contributed by atoms with E-state index in [0.29, 0.717) is 17.3 Å². The molecule has 1 fully saturated rings. The van der Waals surface area contributed by atoms with E-state index in [-0.39, 0.29) is 0 Å². The zero-order valence-electron chi connectivity index (χ0n) is 14.6. The quantitative estimate of drug-likeness (QED) is 0.745. The van der Waals surface area contributed by atoms with Crippen molar-refractivity contribution < 1.29 is 0 Å². The SMILES string of the molecule is Cc1c([C@H]2[C@H](CCN)C2(C)C)c2ccc3ccccc3c2n1C. The topological polar surface area (TPSA) is 30.9 Å². The molecule has 0 saturated heterocycles. The monoisotopic (exact) mass is 306 g/mol. The molecule has 2 nitrogen and oxygen atoms in total. The van der Waals surface area contributed by atoms with Crippen molar-refractivity contribution in [2.45, 2.75) is 33.1 Å². The van der Waals surface area contributed by atoms with Gasteiger partial charge < -0.3 is 10.3 Å². The molecule has 1 aliphatic carbocycles. The van der Waals surface area contributed by atoms with Crippen LogP contribution in [0.15, 0.2) is 36.4 Å². The molecule has 1 heterocycles. The fraction of sp³-hybridized carbons (Fsp3) is 0.429. The van der Waals surface area contributed by atoms with Crippen LogP contribution in [0.3, 0.4) is 0 Å². The van der Waals surface area contributed by atoms with E-state index < -0.39 is 0 Å². The number of hydrogen-bond acceptors (Lipinski definition) is 1. The summed E-state index contributed by atoms with van der Waals surface area (Å²) in [6.07, 6.45) is 1.13. The van der Waals surface area contributed by atoms with Crippen molar-refractivity contribution in [2.24, 2.45) is 24.1 Å². The molecule has 0 radical (unpaired) electrons. The largest absolute Gasteiger partial charge is 0.347 e. The maximum atomic E-state index is 5.86. The maximum Gasteiger partial charge on any atom is 0.0562 e. The Kier molecular flexibility index (Phi) is 3.11. The number of aromatic nitrogens is 1. The van der Waals surface area contributed by atoms with Gasteiger partial charge in [0, 0.05) is 23.5 Å². The second-order valence-corrected chi connectivity index (χ2v) is 7.72. The number of benzene rings is 2. The Labute approximate surface area is 138 Å². The molecule has 0 aliphatic heterocycles. The third-order valence-electron chi connectivity index (χ3n) is 6.26. The Hall–Kier alpha value is -1.80. The maximum absolute atomic E-state index is 5.86. The summed E-state index contributed by atoms with van der Waals surface area (Å²) in [5, 5.41) is 4.11. The van der Waals surface area contributed by atoms with Crippen molar-refractivity contribution in [1.29, 1.82) is 0 Å². The zero-order valence-corrected chi connectivity index (χ0v) is 14.6. The van der Waals surface area contributed by atoms with Gasteiger partial charge in [-0.25, -0.2) is 0 Å². The zero-order chi connectivity index (χ0) is 16.4. The highest BCUT2D eigenvalue weighted by molar-refractivity contribution is 6.07. The first-order chi connectivity index (χ1) is 11.0. The van der Waals surface area contributed by atoms with E-state index in [4.69, 9.17) is 5.73 Å². The lowest BCUT2D eigenvalue weighted by atomic mass is 9.98. The fourth-order valence-electron chi connectivity index (χ4n) is 4.81. The molecular formula is C21H26N2. The average molecular weight is 306 g/mol. The number of rotatable bonds is 3. The molecule has 1 saturated carbocycles. The van der Waals surface area contributed by atoms with E-state index in [2.05, 4.69) is 68.8 Å². The molecule has 2 atom stereocenters. The van der Waals surface area contributed by atoms with E-state index in [0.717, 1.165) is 13.0 Å². The van der Waals surface area contributed by atoms with Crippen molar-refractivity contribution in [3.8, 4) is 0 Å². The second-order valence-electron chi connectivity index (χ2n) is 7.72. The van der Waals surface area contributed by atoms with Crippen LogP contribution >= 0.6 is 0 Å². The first-order valence-electron chi connectivity index (χ1n) is 8.65. The molecule has 4 rings (SSSR count). The molecule has 3 aromatic rings. The number of aryl methyl sites for hydroxylation is 1. The Bertz CT molecular complexity index is 901.